The Morgan fingerprint density at radius 3 is 2.48 bits per heavy atom. The van der Waals surface area contributed by atoms with Gasteiger partial charge >= 0.3 is 23.2 Å². The van der Waals surface area contributed by atoms with Crippen LogP contribution in [0.3, 0.4) is 0 Å². The van der Waals surface area contributed by atoms with E-state index in [-0.39, 0.29) is 30.3 Å². The van der Waals surface area contributed by atoms with Gasteiger partial charge in [0.25, 0.3) is 5.56 Å². The molecule has 16 nitrogen and oxygen atoms in total. The molecule has 27 heavy (non-hydrogen) atoms. The molecule has 0 radical (unpaired) electrons. The van der Waals surface area contributed by atoms with Gasteiger partial charge in [0, 0.05) is 6.54 Å². The Balaban J connectivity index is 1.93. The molecule has 152 valence electrons. The predicted octanol–water partition coefficient (Wildman–Crippen LogP) is -0.912. The number of nitrogens with zero attached hydrogens (tertiary/aromatic N) is 3. The number of anilines is 1. The van der Waals surface area contributed by atoms with Crippen molar-refractivity contribution in [3.8, 4) is 0 Å². The van der Waals surface area contributed by atoms with Crippen LogP contribution in [0.15, 0.2) is 11.1 Å². The van der Waals surface area contributed by atoms with E-state index in [4.69, 9.17) is 25.2 Å². The third kappa shape index (κ3) is 6.59. The van der Waals surface area contributed by atoms with E-state index in [9.17, 15) is 23.4 Å². The van der Waals surface area contributed by atoms with Gasteiger partial charge in [-0.15, -0.1) is 0 Å². The summed E-state index contributed by atoms with van der Waals surface area (Å²) in [5.41, 5.74) is 5.01. The van der Waals surface area contributed by atoms with Crippen molar-refractivity contribution in [1.82, 2.24) is 19.5 Å². The van der Waals surface area contributed by atoms with E-state index < -0.39 is 35.1 Å². The second-order valence-corrected chi connectivity index (χ2v) is 9.62. The molecule has 0 aliphatic heterocycles. The Morgan fingerprint density at radius 1 is 1.19 bits per heavy atom. The van der Waals surface area contributed by atoms with Gasteiger partial charge in [-0.05, 0) is 0 Å². The van der Waals surface area contributed by atoms with Crippen molar-refractivity contribution in [3.63, 3.8) is 0 Å². The van der Waals surface area contributed by atoms with Gasteiger partial charge in [0.2, 0.25) is 5.95 Å². The molecule has 0 aromatic carbocycles. The molecule has 2 heterocycles. The highest BCUT2D eigenvalue weighted by molar-refractivity contribution is 7.68. The summed E-state index contributed by atoms with van der Waals surface area (Å²) in [5, 5.41) is 0. The molecule has 2 rings (SSSR count). The fraction of sp³-hybridized carbons (Fsp3) is 0.375. The number of aromatic amines is 1. The maximum Gasteiger partial charge on any atom is 0.488 e. The summed E-state index contributed by atoms with van der Waals surface area (Å²) in [5.74, 6) is -0.146. The third-order valence-corrected chi connectivity index (χ3v) is 6.70. The minimum Gasteiger partial charge on any atom is -0.369 e. The van der Waals surface area contributed by atoms with Crippen molar-refractivity contribution in [2.75, 3.05) is 18.7 Å². The largest absolute Gasteiger partial charge is 0.488 e. The zero-order valence-electron chi connectivity index (χ0n) is 13.1. The first-order valence-electron chi connectivity index (χ1n) is 6.69. The first kappa shape index (κ1) is 21.9. The van der Waals surface area contributed by atoms with Crippen LogP contribution in [0.5, 0.6) is 0 Å². The van der Waals surface area contributed by atoms with Gasteiger partial charge in [0.1, 0.15) is 6.35 Å². The highest BCUT2D eigenvalue weighted by Gasteiger charge is 2.39. The summed E-state index contributed by atoms with van der Waals surface area (Å²) < 4.78 is 46.8. The van der Waals surface area contributed by atoms with Gasteiger partial charge < -0.3 is 34.6 Å². The van der Waals surface area contributed by atoms with Gasteiger partial charge in [-0.25, -0.2) is 18.4 Å². The Hall–Kier alpha value is -1.44. The average molecular weight is 449 g/mol. The van der Waals surface area contributed by atoms with E-state index in [1.807, 2.05) is 0 Å². The van der Waals surface area contributed by atoms with Crippen LogP contribution >= 0.6 is 23.2 Å². The molecular weight excluding hydrogens is 435 g/mol. The van der Waals surface area contributed by atoms with E-state index in [1.165, 1.54) is 10.9 Å². The topological polar surface area (TPSA) is 249 Å². The van der Waals surface area contributed by atoms with Crippen LogP contribution in [0.4, 0.5) is 5.95 Å². The van der Waals surface area contributed by atoms with Crippen molar-refractivity contribution in [3.05, 3.63) is 16.7 Å². The second kappa shape index (κ2) is 7.89. The van der Waals surface area contributed by atoms with Crippen LogP contribution < -0.4 is 11.3 Å². The fourth-order valence-electron chi connectivity index (χ4n) is 1.81. The molecule has 0 bridgehead atoms. The lowest BCUT2D eigenvalue weighted by Crippen LogP contribution is -2.13. The number of aromatic nitrogens is 4. The molecule has 0 aliphatic rings. The first-order valence-corrected chi connectivity index (χ1v) is 11.5. The number of H-pyrrole nitrogens is 1. The lowest BCUT2D eigenvalue weighted by molar-refractivity contribution is 0.145. The number of hydrogen-bond acceptors (Lipinski definition) is 10. The zero-order valence-corrected chi connectivity index (χ0v) is 15.8. The van der Waals surface area contributed by atoms with E-state index in [0.717, 1.165) is 0 Å². The molecule has 2 atom stereocenters. The lowest BCUT2D eigenvalue weighted by Gasteiger charge is -2.16. The van der Waals surface area contributed by atoms with Crippen LogP contribution in [-0.4, -0.2) is 52.0 Å². The quantitative estimate of drug-likeness (QED) is 0.200. The van der Waals surface area contributed by atoms with Crippen molar-refractivity contribution >= 4 is 40.4 Å². The summed E-state index contributed by atoms with van der Waals surface area (Å²) in [6, 6.07) is 0. The van der Waals surface area contributed by atoms with Gasteiger partial charge in [0.05, 0.1) is 12.9 Å². The maximum absolute atomic E-state index is 11.6. The number of nitrogens with one attached hydrogen (secondary N) is 1. The van der Waals surface area contributed by atoms with Gasteiger partial charge in [-0.2, -0.15) is 9.29 Å². The highest BCUT2D eigenvalue weighted by atomic mass is 31.3. The van der Waals surface area contributed by atoms with Gasteiger partial charge in [-0.1, -0.05) is 0 Å². The third-order valence-electron chi connectivity index (χ3n) is 2.66. The van der Waals surface area contributed by atoms with E-state index in [1.54, 1.807) is 0 Å². The van der Waals surface area contributed by atoms with Crippen molar-refractivity contribution in [2.45, 2.75) is 6.54 Å². The Bertz CT molecular complexity index is 1030. The SMILES string of the molecule is Nc1nc2c(ncn2CCOCP(=O)(O)OP(=O)(O)OP(=O)(O)O)c(=O)[nH]1. The Morgan fingerprint density at radius 2 is 1.85 bits per heavy atom. The minimum absolute atomic E-state index is 0.00214. The normalized spacial score (nSPS) is 16.9. The summed E-state index contributed by atoms with van der Waals surface area (Å²) in [6.07, 6.45) is 0.158. The smallest absolute Gasteiger partial charge is 0.369 e. The molecule has 0 aliphatic carbocycles. The molecule has 2 unspecified atom stereocenters. The molecule has 2 aromatic rings. The van der Waals surface area contributed by atoms with Crippen LogP contribution in [0, 0.1) is 0 Å². The van der Waals surface area contributed by atoms with E-state index in [2.05, 4.69) is 23.6 Å². The fourth-order valence-corrected chi connectivity index (χ4v) is 5.11. The second-order valence-electron chi connectivity index (χ2n) is 4.86. The molecule has 0 amide bonds. The van der Waals surface area contributed by atoms with Crippen LogP contribution in [0.2, 0.25) is 0 Å². The number of imidazole rings is 1. The minimum atomic E-state index is -5.51. The van der Waals surface area contributed by atoms with Crippen molar-refractivity contribution < 1.29 is 46.6 Å². The number of hydrogen-bond donors (Lipinski definition) is 6. The number of ether oxygens (including phenoxy) is 1. The Kier molecular flexibility index (Phi) is 6.39. The molecule has 2 aromatic heterocycles. The molecular formula is C8H14N5O11P3. The van der Waals surface area contributed by atoms with Crippen molar-refractivity contribution in [1.29, 1.82) is 0 Å². The predicted molar refractivity (Wildman–Crippen MR) is 87.2 cm³/mol. The Labute approximate surface area is 149 Å². The highest BCUT2D eigenvalue weighted by Crippen LogP contribution is 2.65. The standard InChI is InChI=1S/C8H14N5O11P3/c9-8-11-6-5(7(14)12-8)10-3-13(6)1-2-22-4-25(15,16)23-27(20,21)24-26(17,18)19/h3H,1-2,4H2,(H,15,16)(H,20,21)(H2,17,18,19)(H3,9,11,12,14). The maximum atomic E-state index is 11.6. The van der Waals surface area contributed by atoms with E-state index in [0.29, 0.717) is 0 Å². The molecule has 0 saturated heterocycles. The molecule has 0 saturated carbocycles. The summed E-state index contributed by atoms with van der Waals surface area (Å²) >= 11 is 0. The molecule has 0 fully saturated rings. The average Bonchev–Trinajstić information content (AvgIpc) is 2.82. The van der Waals surface area contributed by atoms with Gasteiger partial charge in [0.15, 0.2) is 11.2 Å². The number of nitrogen functional groups attached to an aromatic ring is 1. The number of nitrogens with two attached hydrogens (primary N) is 1. The van der Waals surface area contributed by atoms with E-state index >= 15 is 0 Å². The van der Waals surface area contributed by atoms with Gasteiger partial charge in [-0.3, -0.25) is 14.3 Å². The molecule has 0 spiro atoms. The van der Waals surface area contributed by atoms with Crippen LogP contribution in [0.1, 0.15) is 0 Å². The summed E-state index contributed by atoms with van der Waals surface area (Å²) in [7, 11) is -15.8. The zero-order chi connectivity index (χ0) is 20.5. The lowest BCUT2D eigenvalue weighted by atomic mass is 10.5. The van der Waals surface area contributed by atoms with Crippen LogP contribution in [0.25, 0.3) is 11.2 Å². The van der Waals surface area contributed by atoms with Crippen LogP contribution in [-0.2, 0) is 33.6 Å². The number of fused-ring (bicyclic) bond motifs is 1. The molecule has 7 N–H and O–H groups in total. The number of rotatable bonds is 9. The summed E-state index contributed by atoms with van der Waals surface area (Å²) in [6.45, 7) is -0.245. The number of phosphoric acid groups is 2. The first-order chi connectivity index (χ1) is 12.3. The van der Waals surface area contributed by atoms with Crippen molar-refractivity contribution in [2.24, 2.45) is 0 Å². The molecule has 19 heteroatoms. The monoisotopic (exact) mass is 449 g/mol. The summed E-state index contributed by atoms with van der Waals surface area (Å²) in [4.78, 5) is 56.9.